The van der Waals surface area contributed by atoms with E-state index in [0.29, 0.717) is 0 Å². The van der Waals surface area contributed by atoms with E-state index in [4.69, 9.17) is 5.73 Å². The maximum Gasteiger partial charge on any atom is 0.260 e. The van der Waals surface area contributed by atoms with Crippen LogP contribution in [0.4, 0.5) is 5.95 Å². The Kier molecular flexibility index (Phi) is 3.36. The molecule has 7 nitrogen and oxygen atoms in total. The Morgan fingerprint density at radius 1 is 1.38 bits per heavy atom. The number of nitrogens with zero attached hydrogens (tertiary/aromatic N) is 3. The van der Waals surface area contributed by atoms with Crippen molar-refractivity contribution in [2.75, 3.05) is 5.73 Å². The maximum atomic E-state index is 4.96. The zero-order chi connectivity index (χ0) is 6.41. The summed E-state index contributed by atoms with van der Waals surface area (Å²) in [4.78, 5) is 0. The molecule has 0 spiro atoms. The molecule has 0 fully saturated rings. The Balaban J connectivity index is 0.000000222. The third-order valence-electron chi connectivity index (χ3n) is 0.362. The molecule has 1 aromatic heterocycles. The summed E-state index contributed by atoms with van der Waals surface area (Å²) in [7, 11) is 0. The third-order valence-corrected chi connectivity index (χ3v) is 0.362. The van der Waals surface area contributed by atoms with Crippen LogP contribution in [0.15, 0.2) is 0 Å². The summed E-state index contributed by atoms with van der Waals surface area (Å²) in [6, 6.07) is 0. The van der Waals surface area contributed by atoms with Crippen LogP contribution in [0.2, 0.25) is 0 Å². The van der Waals surface area contributed by atoms with Crippen molar-refractivity contribution in [3.8, 4) is 0 Å². The van der Waals surface area contributed by atoms with Gasteiger partial charge in [0.25, 0.3) is 5.95 Å². The Morgan fingerprint density at radius 2 is 2.00 bits per heavy atom. The first kappa shape index (κ1) is 6.79. The first-order valence-corrected chi connectivity index (χ1v) is 1.72. The zero-order valence-electron chi connectivity index (χ0n) is 4.07. The van der Waals surface area contributed by atoms with Crippen LogP contribution in [-0.4, -0.2) is 20.6 Å². The lowest BCUT2D eigenvalue weighted by molar-refractivity contribution is 0.881. The van der Waals surface area contributed by atoms with Gasteiger partial charge in [0.15, 0.2) is 0 Å². The molecule has 8 heavy (non-hydrogen) atoms. The number of nitrogens with one attached hydrogen (secondary N) is 1. The molecule has 0 radical (unpaired) electrons. The SMILES string of the molecule is NN.Nc1nn[nH]n1. The van der Waals surface area contributed by atoms with Gasteiger partial charge in [-0.25, -0.2) is 0 Å². The Morgan fingerprint density at radius 3 is 2.12 bits per heavy atom. The zero-order valence-corrected chi connectivity index (χ0v) is 4.07. The van der Waals surface area contributed by atoms with Crippen LogP contribution in [0.1, 0.15) is 0 Å². The van der Waals surface area contributed by atoms with Crippen LogP contribution in [0.25, 0.3) is 0 Å². The van der Waals surface area contributed by atoms with Crippen molar-refractivity contribution >= 4 is 5.95 Å². The Labute approximate surface area is 45.2 Å². The number of nitrogen functional groups attached to an aromatic ring is 1. The van der Waals surface area contributed by atoms with Gasteiger partial charge in [0.1, 0.15) is 0 Å². The van der Waals surface area contributed by atoms with Gasteiger partial charge in [0, 0.05) is 0 Å². The highest BCUT2D eigenvalue weighted by Crippen LogP contribution is 1.72. The number of tetrazole rings is 1. The van der Waals surface area contributed by atoms with Crippen LogP contribution in [0, 0.1) is 0 Å². The molecule has 0 aliphatic rings. The number of nitrogens with two attached hydrogens (primary N) is 3. The molecular weight excluding hydrogens is 110 g/mol. The maximum absolute atomic E-state index is 4.96. The van der Waals surface area contributed by atoms with Crippen LogP contribution in [-0.2, 0) is 0 Å². The molecule has 0 amide bonds. The highest BCUT2D eigenvalue weighted by atomic mass is 15.5. The average Bonchev–Trinajstić information content (AvgIpc) is 2.24. The molecule has 0 bridgehead atoms. The van der Waals surface area contributed by atoms with Gasteiger partial charge in [-0.2, -0.15) is 5.21 Å². The van der Waals surface area contributed by atoms with E-state index in [-0.39, 0.29) is 5.95 Å². The van der Waals surface area contributed by atoms with Gasteiger partial charge in [-0.1, -0.05) is 5.10 Å². The second-order valence-electron chi connectivity index (χ2n) is 0.770. The summed E-state index contributed by atoms with van der Waals surface area (Å²) in [6.07, 6.45) is 0. The highest BCUT2D eigenvalue weighted by molar-refractivity contribution is 5.05. The van der Waals surface area contributed by atoms with Crippen LogP contribution in [0.5, 0.6) is 0 Å². The smallest absolute Gasteiger partial charge is 0.260 e. The van der Waals surface area contributed by atoms with Gasteiger partial charge in [0.2, 0.25) is 0 Å². The summed E-state index contributed by atoms with van der Waals surface area (Å²) >= 11 is 0. The van der Waals surface area contributed by atoms with E-state index in [1.165, 1.54) is 0 Å². The van der Waals surface area contributed by atoms with Gasteiger partial charge in [-0.15, -0.1) is 5.10 Å². The predicted octanol–water partition coefficient (Wildman–Crippen LogP) is -2.40. The topological polar surface area (TPSA) is 133 Å². The highest BCUT2D eigenvalue weighted by Gasteiger charge is 1.78. The monoisotopic (exact) mass is 117 g/mol. The number of hydrogen-bond donors (Lipinski definition) is 4. The van der Waals surface area contributed by atoms with Crippen molar-refractivity contribution in [3.05, 3.63) is 0 Å². The van der Waals surface area contributed by atoms with E-state index < -0.39 is 0 Å². The molecule has 0 saturated heterocycles. The van der Waals surface area contributed by atoms with E-state index >= 15 is 0 Å². The Hall–Kier alpha value is -1.21. The van der Waals surface area contributed by atoms with Crippen LogP contribution >= 0.6 is 0 Å². The molecule has 7 heteroatoms. The number of hydrazine groups is 1. The van der Waals surface area contributed by atoms with E-state index in [1.807, 2.05) is 0 Å². The lowest BCUT2D eigenvalue weighted by Gasteiger charge is -1.62. The second kappa shape index (κ2) is 3.96. The molecule has 1 heterocycles. The van der Waals surface area contributed by atoms with Crippen molar-refractivity contribution in [1.82, 2.24) is 20.6 Å². The van der Waals surface area contributed by atoms with Crippen molar-refractivity contribution in [2.45, 2.75) is 0 Å². The lowest BCUT2D eigenvalue weighted by Crippen LogP contribution is -2.02. The standard InChI is InChI=1S/CH3N5.H4N2/c2-1-3-5-6-4-1;1-2/h(H3,2,3,4,5,6);1-2H2. The number of H-pyrrole nitrogens is 1. The molecule has 0 aliphatic heterocycles. The van der Waals surface area contributed by atoms with Gasteiger partial charge < -0.3 is 5.73 Å². The molecule has 0 aliphatic carbocycles. The van der Waals surface area contributed by atoms with Gasteiger partial charge >= 0.3 is 0 Å². The van der Waals surface area contributed by atoms with Crippen LogP contribution in [0.3, 0.4) is 0 Å². The normalized spacial score (nSPS) is 7.25. The van der Waals surface area contributed by atoms with Crippen LogP contribution < -0.4 is 17.4 Å². The second-order valence-corrected chi connectivity index (χ2v) is 0.770. The molecule has 7 N–H and O–H groups in total. The van der Waals surface area contributed by atoms with E-state index in [9.17, 15) is 0 Å². The molecule has 46 valence electrons. The molecule has 0 aromatic carbocycles. The van der Waals surface area contributed by atoms with Crippen molar-refractivity contribution in [1.29, 1.82) is 0 Å². The number of hydrogen-bond acceptors (Lipinski definition) is 6. The van der Waals surface area contributed by atoms with Gasteiger partial charge in [-0.05, 0) is 5.21 Å². The predicted molar refractivity (Wildman–Crippen MR) is 27.0 cm³/mol. The minimum atomic E-state index is 0.176. The number of aromatic nitrogens is 4. The van der Waals surface area contributed by atoms with E-state index in [1.54, 1.807) is 0 Å². The number of anilines is 1. The fraction of sp³-hybridized carbons (Fsp3) is 0. The summed E-state index contributed by atoms with van der Waals surface area (Å²) in [5.41, 5.74) is 4.96. The van der Waals surface area contributed by atoms with Gasteiger partial charge in [-0.3, -0.25) is 11.7 Å². The molecule has 0 atom stereocenters. The van der Waals surface area contributed by atoms with Crippen molar-refractivity contribution in [2.24, 2.45) is 11.7 Å². The number of aromatic amines is 1. The molecule has 1 rings (SSSR count). The first-order valence-electron chi connectivity index (χ1n) is 1.72. The minimum absolute atomic E-state index is 0.176. The summed E-state index contributed by atoms with van der Waals surface area (Å²) in [6.45, 7) is 0. The van der Waals surface area contributed by atoms with E-state index in [0.717, 1.165) is 0 Å². The van der Waals surface area contributed by atoms with Crippen molar-refractivity contribution < 1.29 is 0 Å². The third kappa shape index (κ3) is 2.05. The fourth-order valence-electron chi connectivity index (χ4n) is 0.170. The average molecular weight is 117 g/mol. The first-order chi connectivity index (χ1) is 3.89. The fourth-order valence-corrected chi connectivity index (χ4v) is 0.170. The molecule has 0 unspecified atom stereocenters. The summed E-state index contributed by atoms with van der Waals surface area (Å²) in [5, 5.41) is 12.0. The van der Waals surface area contributed by atoms with Gasteiger partial charge in [0.05, 0.1) is 0 Å². The number of rotatable bonds is 0. The minimum Gasteiger partial charge on any atom is -0.365 e. The van der Waals surface area contributed by atoms with Crippen molar-refractivity contribution in [3.63, 3.8) is 0 Å². The largest absolute Gasteiger partial charge is 0.365 e. The summed E-state index contributed by atoms with van der Waals surface area (Å²) < 4.78 is 0. The van der Waals surface area contributed by atoms with E-state index in [2.05, 4.69) is 32.3 Å². The summed E-state index contributed by atoms with van der Waals surface area (Å²) in [5.74, 6) is 8.18. The molecular formula is CH7N7. The molecule has 1 aromatic rings. The Bertz CT molecular complexity index is 108. The quantitative estimate of drug-likeness (QED) is 0.221. The molecule has 0 saturated carbocycles. The lowest BCUT2D eigenvalue weighted by atomic mass is 11.2.